The number of anilines is 1. The summed E-state index contributed by atoms with van der Waals surface area (Å²) in [6, 6.07) is 13.8. The van der Waals surface area contributed by atoms with E-state index in [1.165, 1.54) is 5.56 Å². The molecule has 1 N–H and O–H groups in total. The van der Waals surface area contributed by atoms with Gasteiger partial charge in [-0.25, -0.2) is 0 Å². The number of nitro benzene ring substituents is 1. The maximum absolute atomic E-state index is 11.4. The van der Waals surface area contributed by atoms with Crippen molar-refractivity contribution in [3.05, 3.63) is 81.4 Å². The Labute approximate surface area is 154 Å². The average Bonchev–Trinajstić information content (AvgIpc) is 2.64. The molecule has 26 heavy (non-hydrogen) atoms. The fourth-order valence-corrected chi connectivity index (χ4v) is 2.78. The summed E-state index contributed by atoms with van der Waals surface area (Å²) >= 11 is 0. The second-order valence-corrected chi connectivity index (χ2v) is 6.20. The Morgan fingerprint density at radius 2 is 1.96 bits per heavy atom. The molecule has 0 saturated carbocycles. The lowest BCUT2D eigenvalue weighted by atomic mass is 10.0. The molecule has 0 aliphatic carbocycles. The summed E-state index contributed by atoms with van der Waals surface area (Å²) in [5.74, 6) is 0. The third-order valence-corrected chi connectivity index (χ3v) is 4.22. The molecule has 138 valence electrons. The Hall–Kier alpha value is -2.66. The zero-order valence-corrected chi connectivity index (χ0v) is 15.4. The Bertz CT molecular complexity index is 742. The molecular formula is C21H26N2O3. The van der Waals surface area contributed by atoms with Gasteiger partial charge in [-0.3, -0.25) is 10.1 Å². The van der Waals surface area contributed by atoms with Crippen LogP contribution in [0, 0.1) is 17.0 Å². The second-order valence-electron chi connectivity index (χ2n) is 6.20. The number of rotatable bonds is 10. The monoisotopic (exact) mass is 354 g/mol. The van der Waals surface area contributed by atoms with Crippen LogP contribution in [-0.4, -0.2) is 25.2 Å². The lowest BCUT2D eigenvalue weighted by Crippen LogP contribution is -2.07. The first-order valence-electron chi connectivity index (χ1n) is 8.81. The van der Waals surface area contributed by atoms with Crippen LogP contribution < -0.4 is 5.32 Å². The first-order chi connectivity index (χ1) is 12.6. The molecule has 0 radical (unpaired) electrons. The van der Waals surface area contributed by atoms with Crippen LogP contribution in [-0.2, 0) is 17.6 Å². The number of ether oxygens (including phenoxy) is 1. The van der Waals surface area contributed by atoms with Crippen LogP contribution in [0.15, 0.2) is 54.6 Å². The van der Waals surface area contributed by atoms with E-state index in [1.54, 1.807) is 13.2 Å². The first-order valence-corrected chi connectivity index (χ1v) is 8.81. The van der Waals surface area contributed by atoms with Gasteiger partial charge >= 0.3 is 0 Å². The van der Waals surface area contributed by atoms with Gasteiger partial charge in [0.15, 0.2) is 0 Å². The topological polar surface area (TPSA) is 64.4 Å². The van der Waals surface area contributed by atoms with Gasteiger partial charge in [-0.15, -0.1) is 0 Å². The van der Waals surface area contributed by atoms with Crippen LogP contribution in [0.3, 0.4) is 0 Å². The van der Waals surface area contributed by atoms with Crippen molar-refractivity contribution in [3.8, 4) is 0 Å². The fourth-order valence-electron chi connectivity index (χ4n) is 2.78. The molecule has 0 amide bonds. The van der Waals surface area contributed by atoms with Crippen molar-refractivity contribution >= 4 is 11.4 Å². The van der Waals surface area contributed by atoms with E-state index < -0.39 is 0 Å². The number of benzene rings is 2. The predicted octanol–water partition coefficient (Wildman–Crippen LogP) is 4.69. The van der Waals surface area contributed by atoms with Crippen molar-refractivity contribution < 1.29 is 9.66 Å². The summed E-state index contributed by atoms with van der Waals surface area (Å²) < 4.78 is 5.00. The number of aryl methyl sites for hydroxylation is 2. The summed E-state index contributed by atoms with van der Waals surface area (Å²) in [7, 11) is 1.65. The standard InChI is InChI=1S/C21H26N2O3/c1-17-15-21(23(24)25)20(16-19(17)12-6-7-14-26-2)22-13-8-11-18-9-4-3-5-10-18/h3-7,9-10,15-16,22H,8,11-14H2,1-2H3. The van der Waals surface area contributed by atoms with Crippen molar-refractivity contribution in [2.24, 2.45) is 0 Å². The molecule has 0 heterocycles. The third-order valence-electron chi connectivity index (χ3n) is 4.22. The van der Waals surface area contributed by atoms with E-state index in [0.717, 1.165) is 30.4 Å². The van der Waals surface area contributed by atoms with E-state index in [9.17, 15) is 10.1 Å². The van der Waals surface area contributed by atoms with Crippen LogP contribution in [0.5, 0.6) is 0 Å². The molecule has 0 bridgehead atoms. The van der Waals surface area contributed by atoms with E-state index in [2.05, 4.69) is 17.4 Å². The van der Waals surface area contributed by atoms with Crippen LogP contribution >= 0.6 is 0 Å². The summed E-state index contributed by atoms with van der Waals surface area (Å²) in [5.41, 5.74) is 3.99. The highest BCUT2D eigenvalue weighted by molar-refractivity contribution is 5.64. The number of methoxy groups -OCH3 is 1. The second kappa shape index (κ2) is 10.4. The SMILES string of the molecule is COCC=CCc1cc(NCCCc2ccccc2)c([N+](=O)[O-])cc1C. The van der Waals surface area contributed by atoms with Crippen LogP contribution in [0.25, 0.3) is 0 Å². The maximum atomic E-state index is 11.4. The zero-order chi connectivity index (χ0) is 18.8. The first kappa shape index (κ1) is 19.7. The molecule has 0 aliphatic rings. The molecule has 0 fully saturated rings. The number of hydrogen-bond acceptors (Lipinski definition) is 4. The molecule has 0 unspecified atom stereocenters. The van der Waals surface area contributed by atoms with E-state index in [-0.39, 0.29) is 10.6 Å². The Morgan fingerprint density at radius 1 is 1.19 bits per heavy atom. The van der Waals surface area contributed by atoms with Crippen LogP contribution in [0.4, 0.5) is 11.4 Å². The number of allylic oxidation sites excluding steroid dienone is 1. The van der Waals surface area contributed by atoms with Gasteiger partial charge in [0.1, 0.15) is 5.69 Å². The van der Waals surface area contributed by atoms with E-state index in [1.807, 2.05) is 43.3 Å². The Balaban J connectivity index is 2.02. The fraction of sp³-hybridized carbons (Fsp3) is 0.333. The molecule has 0 atom stereocenters. The molecule has 0 aromatic heterocycles. The van der Waals surface area contributed by atoms with Crippen molar-refractivity contribution in [3.63, 3.8) is 0 Å². The summed E-state index contributed by atoms with van der Waals surface area (Å²) in [5, 5.41) is 14.6. The van der Waals surface area contributed by atoms with E-state index in [0.29, 0.717) is 18.8 Å². The highest BCUT2D eigenvalue weighted by atomic mass is 16.6. The normalized spacial score (nSPS) is 11.0. The van der Waals surface area contributed by atoms with Crippen molar-refractivity contribution in [1.29, 1.82) is 0 Å². The molecule has 2 aromatic rings. The van der Waals surface area contributed by atoms with Crippen molar-refractivity contribution in [2.45, 2.75) is 26.2 Å². The van der Waals surface area contributed by atoms with Gasteiger partial charge in [-0.05, 0) is 48.9 Å². The third kappa shape index (κ3) is 6.01. The highest BCUT2D eigenvalue weighted by Crippen LogP contribution is 2.28. The van der Waals surface area contributed by atoms with Gasteiger partial charge in [-0.1, -0.05) is 42.5 Å². The van der Waals surface area contributed by atoms with E-state index in [4.69, 9.17) is 4.74 Å². The maximum Gasteiger partial charge on any atom is 0.292 e. The van der Waals surface area contributed by atoms with Gasteiger partial charge in [0.25, 0.3) is 5.69 Å². The summed E-state index contributed by atoms with van der Waals surface area (Å²) in [6.07, 6.45) is 6.56. The minimum absolute atomic E-state index is 0.131. The van der Waals surface area contributed by atoms with E-state index >= 15 is 0 Å². The molecule has 2 aromatic carbocycles. The lowest BCUT2D eigenvalue weighted by molar-refractivity contribution is -0.384. The Kier molecular flexibility index (Phi) is 7.83. The quantitative estimate of drug-likeness (QED) is 0.291. The Morgan fingerprint density at radius 3 is 2.65 bits per heavy atom. The molecular weight excluding hydrogens is 328 g/mol. The van der Waals surface area contributed by atoms with Crippen molar-refractivity contribution in [1.82, 2.24) is 0 Å². The number of nitrogens with zero attached hydrogens (tertiary/aromatic N) is 1. The van der Waals surface area contributed by atoms with Gasteiger partial charge < -0.3 is 10.1 Å². The number of nitro groups is 1. The van der Waals surface area contributed by atoms with Crippen LogP contribution in [0.2, 0.25) is 0 Å². The predicted molar refractivity (Wildman–Crippen MR) is 106 cm³/mol. The minimum atomic E-state index is -0.322. The largest absolute Gasteiger partial charge is 0.381 e. The summed E-state index contributed by atoms with van der Waals surface area (Å²) in [4.78, 5) is 11.1. The molecule has 0 spiro atoms. The minimum Gasteiger partial charge on any atom is -0.381 e. The molecule has 5 nitrogen and oxygen atoms in total. The summed E-state index contributed by atoms with van der Waals surface area (Å²) in [6.45, 7) is 3.17. The van der Waals surface area contributed by atoms with Gasteiger partial charge in [0.05, 0.1) is 11.5 Å². The highest BCUT2D eigenvalue weighted by Gasteiger charge is 2.16. The smallest absolute Gasteiger partial charge is 0.292 e. The van der Waals surface area contributed by atoms with Gasteiger partial charge in [-0.2, -0.15) is 0 Å². The van der Waals surface area contributed by atoms with Crippen LogP contribution in [0.1, 0.15) is 23.1 Å². The van der Waals surface area contributed by atoms with Gasteiger partial charge in [0.2, 0.25) is 0 Å². The number of nitrogens with one attached hydrogen (secondary N) is 1. The lowest BCUT2D eigenvalue weighted by Gasteiger charge is -2.11. The molecule has 2 rings (SSSR count). The molecule has 5 heteroatoms. The number of hydrogen-bond donors (Lipinski definition) is 1. The molecule has 0 aliphatic heterocycles. The van der Waals surface area contributed by atoms with Gasteiger partial charge in [0, 0.05) is 19.7 Å². The average molecular weight is 354 g/mol. The molecule has 0 saturated heterocycles. The zero-order valence-electron chi connectivity index (χ0n) is 15.4. The van der Waals surface area contributed by atoms with Crippen molar-refractivity contribution in [2.75, 3.05) is 25.6 Å².